The highest BCUT2D eigenvalue weighted by molar-refractivity contribution is 7.90. The van der Waals surface area contributed by atoms with Crippen LogP contribution in [0.4, 0.5) is 0 Å². The number of nitrogens with one attached hydrogen (secondary N) is 1. The van der Waals surface area contributed by atoms with Gasteiger partial charge in [0.1, 0.15) is 9.84 Å². The van der Waals surface area contributed by atoms with E-state index in [2.05, 4.69) is 12.2 Å². The van der Waals surface area contributed by atoms with Gasteiger partial charge in [-0.15, -0.1) is 0 Å². The maximum absolute atomic E-state index is 11.2. The summed E-state index contributed by atoms with van der Waals surface area (Å²) in [7, 11) is -2.81. The van der Waals surface area contributed by atoms with Crippen molar-refractivity contribution in [1.82, 2.24) is 5.32 Å². The highest BCUT2D eigenvalue weighted by Crippen LogP contribution is 2.27. The molecule has 1 atom stereocenters. The Hall–Kier alpha value is -0.0900. The van der Waals surface area contributed by atoms with Crippen LogP contribution in [0.3, 0.4) is 0 Å². The van der Waals surface area contributed by atoms with E-state index >= 15 is 0 Å². The third-order valence-electron chi connectivity index (χ3n) is 4.16. The molecule has 0 amide bonds. The molecule has 1 fully saturated rings. The molecule has 4 heteroatoms. The zero-order valence-electron chi connectivity index (χ0n) is 12.7. The van der Waals surface area contributed by atoms with Crippen molar-refractivity contribution in [1.29, 1.82) is 0 Å². The van der Waals surface area contributed by atoms with Crippen LogP contribution < -0.4 is 5.32 Å². The summed E-state index contributed by atoms with van der Waals surface area (Å²) in [6.45, 7) is 3.24. The summed E-state index contributed by atoms with van der Waals surface area (Å²) in [5.74, 6) is 1.10. The lowest BCUT2D eigenvalue weighted by molar-refractivity contribution is 0.303. The minimum absolute atomic E-state index is 0.337. The van der Waals surface area contributed by atoms with Crippen molar-refractivity contribution in [3.05, 3.63) is 0 Å². The number of rotatable bonds is 8. The van der Waals surface area contributed by atoms with Crippen molar-refractivity contribution in [2.75, 3.05) is 18.6 Å². The second kappa shape index (κ2) is 8.96. The second-order valence-electron chi connectivity index (χ2n) is 6.08. The van der Waals surface area contributed by atoms with E-state index in [1.807, 2.05) is 0 Å². The minimum Gasteiger partial charge on any atom is -0.314 e. The van der Waals surface area contributed by atoms with Crippen LogP contribution in [0.2, 0.25) is 0 Å². The molecule has 3 nitrogen and oxygen atoms in total. The maximum Gasteiger partial charge on any atom is 0.147 e. The van der Waals surface area contributed by atoms with Gasteiger partial charge in [-0.3, -0.25) is 0 Å². The van der Waals surface area contributed by atoms with Gasteiger partial charge in [0.2, 0.25) is 0 Å². The molecule has 0 aromatic heterocycles. The topological polar surface area (TPSA) is 46.2 Å². The summed E-state index contributed by atoms with van der Waals surface area (Å²) in [6.07, 6.45) is 12.4. The predicted molar refractivity (Wildman–Crippen MR) is 82.2 cm³/mol. The fourth-order valence-electron chi connectivity index (χ4n) is 3.11. The van der Waals surface area contributed by atoms with E-state index < -0.39 is 9.84 Å². The summed E-state index contributed by atoms with van der Waals surface area (Å²) < 4.78 is 22.5. The Bertz CT molecular complexity index is 319. The molecule has 1 aliphatic carbocycles. The fraction of sp³-hybridized carbons (Fsp3) is 1.00. The van der Waals surface area contributed by atoms with Crippen LogP contribution in [0.25, 0.3) is 0 Å². The Morgan fingerprint density at radius 2 is 1.79 bits per heavy atom. The molecule has 0 bridgehead atoms. The molecule has 1 saturated carbocycles. The molecule has 0 saturated heterocycles. The van der Waals surface area contributed by atoms with Gasteiger partial charge in [-0.05, 0) is 44.6 Å². The van der Waals surface area contributed by atoms with Gasteiger partial charge in [-0.2, -0.15) is 0 Å². The molecule has 0 aromatic carbocycles. The first-order valence-corrected chi connectivity index (χ1v) is 10.00. The first kappa shape index (κ1) is 17.0. The van der Waals surface area contributed by atoms with Crippen molar-refractivity contribution in [3.63, 3.8) is 0 Å². The predicted octanol–water partition coefficient (Wildman–Crippen LogP) is 3.15. The van der Waals surface area contributed by atoms with Gasteiger partial charge in [0.25, 0.3) is 0 Å². The van der Waals surface area contributed by atoms with Crippen LogP contribution in [-0.2, 0) is 9.84 Å². The van der Waals surface area contributed by atoms with Gasteiger partial charge in [0.05, 0.1) is 0 Å². The van der Waals surface area contributed by atoms with E-state index in [0.29, 0.717) is 11.8 Å². The smallest absolute Gasteiger partial charge is 0.147 e. The third-order valence-corrected chi connectivity index (χ3v) is 5.19. The maximum atomic E-state index is 11.2. The Labute approximate surface area is 119 Å². The van der Waals surface area contributed by atoms with Crippen molar-refractivity contribution < 1.29 is 8.42 Å². The largest absolute Gasteiger partial charge is 0.314 e. The van der Waals surface area contributed by atoms with Crippen molar-refractivity contribution in [3.8, 4) is 0 Å². The highest BCUT2D eigenvalue weighted by Gasteiger charge is 2.22. The summed E-state index contributed by atoms with van der Waals surface area (Å²) in [6, 6.07) is 0.528. The van der Waals surface area contributed by atoms with Gasteiger partial charge in [-0.1, -0.05) is 32.6 Å². The Kier molecular flexibility index (Phi) is 8.00. The van der Waals surface area contributed by atoms with Crippen LogP contribution in [0, 0.1) is 5.92 Å². The van der Waals surface area contributed by atoms with Crippen LogP contribution >= 0.6 is 0 Å². The first-order valence-electron chi connectivity index (χ1n) is 7.94. The molecule has 0 aliphatic heterocycles. The van der Waals surface area contributed by atoms with Gasteiger partial charge >= 0.3 is 0 Å². The van der Waals surface area contributed by atoms with Gasteiger partial charge in [0, 0.05) is 18.1 Å². The molecule has 19 heavy (non-hydrogen) atoms. The minimum atomic E-state index is -2.81. The van der Waals surface area contributed by atoms with Crippen LogP contribution in [0.1, 0.15) is 64.7 Å². The van der Waals surface area contributed by atoms with E-state index in [0.717, 1.165) is 31.7 Å². The molecule has 0 radical (unpaired) electrons. The van der Waals surface area contributed by atoms with Crippen molar-refractivity contribution >= 4 is 9.84 Å². The molecule has 1 N–H and O–H groups in total. The lowest BCUT2D eigenvalue weighted by atomic mass is 9.89. The molecule has 0 aromatic rings. The number of hydrogen-bond donors (Lipinski definition) is 1. The lowest BCUT2D eigenvalue weighted by Crippen LogP contribution is -2.37. The highest BCUT2D eigenvalue weighted by atomic mass is 32.2. The molecular formula is C15H31NO2S. The summed E-state index contributed by atoms with van der Waals surface area (Å²) in [4.78, 5) is 0. The quantitative estimate of drug-likeness (QED) is 0.698. The average Bonchev–Trinajstić information content (AvgIpc) is 2.61. The molecule has 1 aliphatic rings. The molecule has 114 valence electrons. The van der Waals surface area contributed by atoms with Crippen molar-refractivity contribution in [2.45, 2.75) is 70.8 Å². The molecule has 0 spiro atoms. The Balaban J connectivity index is 2.44. The molecular weight excluding hydrogens is 258 g/mol. The van der Waals surface area contributed by atoms with E-state index in [1.165, 1.54) is 44.8 Å². The van der Waals surface area contributed by atoms with E-state index in [4.69, 9.17) is 0 Å². The second-order valence-corrected chi connectivity index (χ2v) is 8.34. The average molecular weight is 289 g/mol. The standard InChI is InChI=1S/C15H31NO2S/c1-3-12-16-15(11-8-13-19(2,17)18)14-9-6-4-5-7-10-14/h14-16H,3-13H2,1-2H3. The molecule has 1 rings (SSSR count). The fourth-order valence-corrected chi connectivity index (χ4v) is 3.80. The number of hydrogen-bond acceptors (Lipinski definition) is 3. The van der Waals surface area contributed by atoms with Gasteiger partial charge in [0.15, 0.2) is 0 Å². The van der Waals surface area contributed by atoms with E-state index in [-0.39, 0.29) is 0 Å². The summed E-state index contributed by atoms with van der Waals surface area (Å²) >= 11 is 0. The Morgan fingerprint density at radius 1 is 1.16 bits per heavy atom. The van der Waals surface area contributed by atoms with Crippen LogP contribution in [-0.4, -0.2) is 33.0 Å². The van der Waals surface area contributed by atoms with E-state index in [9.17, 15) is 8.42 Å². The SMILES string of the molecule is CCCNC(CCCS(C)(=O)=O)C1CCCCCC1. The lowest BCUT2D eigenvalue weighted by Gasteiger charge is -2.27. The van der Waals surface area contributed by atoms with Gasteiger partial charge in [-0.25, -0.2) is 8.42 Å². The summed E-state index contributed by atoms with van der Waals surface area (Å²) in [5.41, 5.74) is 0. The molecule has 1 unspecified atom stereocenters. The van der Waals surface area contributed by atoms with Crippen molar-refractivity contribution in [2.24, 2.45) is 5.92 Å². The normalized spacial score (nSPS) is 20.1. The number of sulfone groups is 1. The Morgan fingerprint density at radius 3 is 2.32 bits per heavy atom. The third kappa shape index (κ3) is 7.93. The zero-order valence-corrected chi connectivity index (χ0v) is 13.5. The van der Waals surface area contributed by atoms with Crippen LogP contribution in [0.15, 0.2) is 0 Å². The zero-order chi connectivity index (χ0) is 14.1. The first-order chi connectivity index (χ1) is 9.03. The van der Waals surface area contributed by atoms with Crippen LogP contribution in [0.5, 0.6) is 0 Å². The van der Waals surface area contributed by atoms with Gasteiger partial charge < -0.3 is 5.32 Å². The summed E-state index contributed by atoms with van der Waals surface area (Å²) in [5, 5.41) is 3.66. The molecule has 0 heterocycles. The van der Waals surface area contributed by atoms with E-state index in [1.54, 1.807) is 0 Å². The monoisotopic (exact) mass is 289 g/mol.